The molecule has 3 aliphatic rings. The molecule has 2 amide bonds. The average Bonchev–Trinajstić information content (AvgIpc) is 2.87. The molecular weight excluding hydrogens is 232 g/mol. The highest BCUT2D eigenvalue weighted by Crippen LogP contribution is 2.25. The van der Waals surface area contributed by atoms with Gasteiger partial charge in [-0.3, -0.25) is 9.59 Å². The van der Waals surface area contributed by atoms with E-state index in [1.165, 1.54) is 0 Å². The van der Waals surface area contributed by atoms with Crippen molar-refractivity contribution in [2.75, 3.05) is 32.8 Å². The minimum atomic E-state index is -0.161. The van der Waals surface area contributed by atoms with Crippen LogP contribution in [-0.4, -0.2) is 60.5 Å². The number of ether oxygens (including phenoxy) is 1. The molecule has 0 spiro atoms. The first-order valence-electron chi connectivity index (χ1n) is 6.91. The van der Waals surface area contributed by atoms with Crippen LogP contribution in [0.3, 0.4) is 0 Å². The lowest BCUT2D eigenvalue weighted by molar-refractivity contribution is -0.154. The van der Waals surface area contributed by atoms with Crippen molar-refractivity contribution in [1.29, 1.82) is 0 Å². The third-order valence-corrected chi connectivity index (χ3v) is 4.32. The van der Waals surface area contributed by atoms with Gasteiger partial charge in [0.2, 0.25) is 11.8 Å². The van der Waals surface area contributed by atoms with Gasteiger partial charge in [-0.05, 0) is 31.6 Å². The number of amides is 2. The summed E-state index contributed by atoms with van der Waals surface area (Å²) in [6.07, 6.45) is 3.82. The Labute approximate surface area is 107 Å². The standard InChI is InChI=1S/C13H20N2O3/c16-12-9-14(8-10-3-6-18-7-4-10)13(17)11-2-1-5-15(11)12/h10-11H,1-9H2. The summed E-state index contributed by atoms with van der Waals surface area (Å²) in [7, 11) is 0. The minimum absolute atomic E-state index is 0.129. The fraction of sp³-hybridized carbons (Fsp3) is 0.846. The van der Waals surface area contributed by atoms with E-state index in [1.54, 1.807) is 9.80 Å². The summed E-state index contributed by atoms with van der Waals surface area (Å²) in [6, 6.07) is -0.161. The van der Waals surface area contributed by atoms with Gasteiger partial charge in [-0.25, -0.2) is 0 Å². The van der Waals surface area contributed by atoms with E-state index in [4.69, 9.17) is 4.74 Å². The predicted octanol–water partition coefficient (Wildman–Crippen LogP) is 0.246. The van der Waals surface area contributed by atoms with Crippen LogP contribution >= 0.6 is 0 Å². The third kappa shape index (κ3) is 2.11. The highest BCUT2D eigenvalue weighted by atomic mass is 16.5. The summed E-state index contributed by atoms with van der Waals surface area (Å²) in [5.41, 5.74) is 0. The van der Waals surface area contributed by atoms with Gasteiger partial charge in [-0.2, -0.15) is 0 Å². The molecule has 0 N–H and O–H groups in total. The second-order valence-corrected chi connectivity index (χ2v) is 5.52. The molecular formula is C13H20N2O3. The van der Waals surface area contributed by atoms with E-state index in [0.717, 1.165) is 52.0 Å². The summed E-state index contributed by atoms with van der Waals surface area (Å²) in [6.45, 7) is 3.36. The van der Waals surface area contributed by atoms with Gasteiger partial charge in [0.15, 0.2) is 0 Å². The van der Waals surface area contributed by atoms with Crippen molar-refractivity contribution in [3.8, 4) is 0 Å². The first-order valence-corrected chi connectivity index (χ1v) is 6.91. The fourth-order valence-electron chi connectivity index (χ4n) is 3.26. The number of hydrogen-bond acceptors (Lipinski definition) is 3. The van der Waals surface area contributed by atoms with Crippen molar-refractivity contribution in [3.63, 3.8) is 0 Å². The molecule has 0 aromatic heterocycles. The first kappa shape index (κ1) is 12.0. The minimum Gasteiger partial charge on any atom is -0.381 e. The van der Waals surface area contributed by atoms with E-state index in [2.05, 4.69) is 0 Å². The van der Waals surface area contributed by atoms with E-state index >= 15 is 0 Å². The van der Waals surface area contributed by atoms with Crippen LogP contribution in [0, 0.1) is 5.92 Å². The van der Waals surface area contributed by atoms with Gasteiger partial charge in [0.25, 0.3) is 0 Å². The summed E-state index contributed by atoms with van der Waals surface area (Å²) in [5.74, 6) is 0.797. The maximum atomic E-state index is 12.3. The molecule has 3 aliphatic heterocycles. The van der Waals surface area contributed by atoms with Gasteiger partial charge in [0.1, 0.15) is 6.04 Å². The normalized spacial score (nSPS) is 29.9. The first-order chi connectivity index (χ1) is 8.75. The fourth-order valence-corrected chi connectivity index (χ4v) is 3.26. The van der Waals surface area contributed by atoms with Crippen LogP contribution < -0.4 is 0 Å². The quantitative estimate of drug-likeness (QED) is 0.707. The Balaban J connectivity index is 1.65. The Morgan fingerprint density at radius 2 is 1.94 bits per heavy atom. The SMILES string of the molecule is O=C1C2CCCN2C(=O)CN1CC1CCOCC1. The maximum Gasteiger partial charge on any atom is 0.245 e. The largest absolute Gasteiger partial charge is 0.381 e. The number of rotatable bonds is 2. The van der Waals surface area contributed by atoms with Crippen LogP contribution in [0.1, 0.15) is 25.7 Å². The van der Waals surface area contributed by atoms with Gasteiger partial charge in [-0.15, -0.1) is 0 Å². The van der Waals surface area contributed by atoms with Crippen molar-refractivity contribution in [1.82, 2.24) is 9.80 Å². The number of carbonyl (C=O) groups excluding carboxylic acids is 2. The zero-order valence-corrected chi connectivity index (χ0v) is 10.6. The van der Waals surface area contributed by atoms with Crippen molar-refractivity contribution >= 4 is 11.8 Å². The second-order valence-electron chi connectivity index (χ2n) is 5.52. The molecule has 18 heavy (non-hydrogen) atoms. The molecule has 5 nitrogen and oxygen atoms in total. The van der Waals surface area contributed by atoms with Crippen molar-refractivity contribution in [3.05, 3.63) is 0 Å². The Kier molecular flexibility index (Phi) is 3.24. The molecule has 5 heteroatoms. The van der Waals surface area contributed by atoms with Crippen LogP contribution in [0.15, 0.2) is 0 Å². The van der Waals surface area contributed by atoms with Gasteiger partial charge in [0, 0.05) is 26.3 Å². The predicted molar refractivity (Wildman–Crippen MR) is 64.9 cm³/mol. The van der Waals surface area contributed by atoms with Gasteiger partial charge in [-0.1, -0.05) is 0 Å². The molecule has 3 saturated heterocycles. The van der Waals surface area contributed by atoms with Crippen LogP contribution in [-0.2, 0) is 14.3 Å². The second kappa shape index (κ2) is 4.88. The molecule has 0 aliphatic carbocycles. The number of nitrogens with zero attached hydrogens (tertiary/aromatic N) is 2. The molecule has 1 unspecified atom stereocenters. The summed E-state index contributed by atoms with van der Waals surface area (Å²) >= 11 is 0. The Morgan fingerprint density at radius 3 is 2.72 bits per heavy atom. The summed E-state index contributed by atoms with van der Waals surface area (Å²) < 4.78 is 5.33. The van der Waals surface area contributed by atoms with Gasteiger partial charge < -0.3 is 14.5 Å². The molecule has 0 aromatic carbocycles. The lowest BCUT2D eigenvalue weighted by Gasteiger charge is -2.38. The van der Waals surface area contributed by atoms with Gasteiger partial charge in [0.05, 0.1) is 6.54 Å². The summed E-state index contributed by atoms with van der Waals surface area (Å²) in [5, 5.41) is 0. The number of carbonyl (C=O) groups is 2. The number of fused-ring (bicyclic) bond motifs is 1. The lowest BCUT2D eigenvalue weighted by atomic mass is 9.98. The van der Waals surface area contributed by atoms with E-state index < -0.39 is 0 Å². The molecule has 0 aromatic rings. The Hall–Kier alpha value is -1.10. The van der Waals surface area contributed by atoms with Crippen LogP contribution in [0.4, 0.5) is 0 Å². The highest BCUT2D eigenvalue weighted by Gasteiger charge is 2.42. The van der Waals surface area contributed by atoms with Crippen LogP contribution in [0.5, 0.6) is 0 Å². The zero-order chi connectivity index (χ0) is 12.5. The molecule has 0 saturated carbocycles. The molecule has 3 rings (SSSR count). The average molecular weight is 252 g/mol. The maximum absolute atomic E-state index is 12.3. The van der Waals surface area contributed by atoms with E-state index in [-0.39, 0.29) is 24.4 Å². The number of hydrogen-bond donors (Lipinski definition) is 0. The number of piperazine rings is 1. The van der Waals surface area contributed by atoms with E-state index in [1.807, 2.05) is 0 Å². The highest BCUT2D eigenvalue weighted by molar-refractivity contribution is 5.95. The monoisotopic (exact) mass is 252 g/mol. The van der Waals surface area contributed by atoms with Crippen LogP contribution in [0.25, 0.3) is 0 Å². The lowest BCUT2D eigenvalue weighted by Crippen LogP contribution is -2.58. The van der Waals surface area contributed by atoms with Crippen molar-refractivity contribution in [2.45, 2.75) is 31.7 Å². The zero-order valence-electron chi connectivity index (χ0n) is 10.6. The molecule has 0 radical (unpaired) electrons. The van der Waals surface area contributed by atoms with Crippen molar-refractivity contribution < 1.29 is 14.3 Å². The summed E-state index contributed by atoms with van der Waals surface area (Å²) in [4.78, 5) is 27.9. The van der Waals surface area contributed by atoms with E-state index in [0.29, 0.717) is 5.92 Å². The van der Waals surface area contributed by atoms with Crippen LogP contribution in [0.2, 0.25) is 0 Å². The smallest absolute Gasteiger partial charge is 0.245 e. The third-order valence-electron chi connectivity index (χ3n) is 4.32. The van der Waals surface area contributed by atoms with Gasteiger partial charge >= 0.3 is 0 Å². The topological polar surface area (TPSA) is 49.9 Å². The molecule has 100 valence electrons. The molecule has 0 bridgehead atoms. The molecule has 3 heterocycles. The Morgan fingerprint density at radius 1 is 1.17 bits per heavy atom. The molecule has 1 atom stereocenters. The Bertz CT molecular complexity index is 352. The molecule has 3 fully saturated rings. The van der Waals surface area contributed by atoms with Crippen molar-refractivity contribution in [2.24, 2.45) is 5.92 Å². The van der Waals surface area contributed by atoms with E-state index in [9.17, 15) is 9.59 Å².